The number of rotatable bonds is 73. The standard InChI is InChI=1S/C81H140O17P2/c1-5-9-13-17-21-25-29-33-36-37-40-44-48-52-56-60-64-68-81(86)98-77(72-92-79(84)66-62-58-54-50-46-43-39-35-31-27-23-19-15-11-7-3)74-96-100(89,90)94-70-75(82)69-93-99(87,88)95-73-76(97-80(85)67-63-59-55-51-47-41-32-28-24-20-16-12-8-4)71-91-78(83)65-61-57-53-49-45-42-38-34-30-26-22-18-14-10-6-2/h21,23,25-28,30,32-36,38-40,44,52,56,75-77,82H,5-20,22,24,29,31,37,41-43,45-51,53-55,57-74H2,1-4H3,(H,87,88)(H,89,90)/b25-21-,27-23-,30-26-,32-28-,36-33-,38-34-,39-35-,44-40-,56-52-/t75-,76-,77-/m1/s1. The van der Waals surface area contributed by atoms with Crippen LogP contribution in [-0.2, 0) is 65.4 Å². The van der Waals surface area contributed by atoms with Gasteiger partial charge in [0.05, 0.1) is 26.4 Å². The van der Waals surface area contributed by atoms with E-state index in [1.165, 1.54) is 89.9 Å². The van der Waals surface area contributed by atoms with Crippen LogP contribution in [0, 0.1) is 0 Å². The molecule has 0 aliphatic carbocycles. The average Bonchev–Trinajstić information content (AvgIpc) is 0.962. The van der Waals surface area contributed by atoms with Crippen LogP contribution in [0.25, 0.3) is 0 Å². The van der Waals surface area contributed by atoms with Crippen LogP contribution in [0.5, 0.6) is 0 Å². The molecule has 0 rings (SSSR count). The lowest BCUT2D eigenvalue weighted by atomic mass is 10.1. The van der Waals surface area contributed by atoms with Crippen molar-refractivity contribution in [3.8, 4) is 0 Å². The number of phosphoric ester groups is 2. The number of unbranched alkanes of at least 4 members (excludes halogenated alkanes) is 30. The summed E-state index contributed by atoms with van der Waals surface area (Å²) in [5.41, 5.74) is 0. The number of aliphatic hydroxyl groups is 1. The van der Waals surface area contributed by atoms with Gasteiger partial charge in [-0.3, -0.25) is 37.3 Å². The number of allylic oxidation sites excluding steroid dienone is 18. The molecule has 0 aliphatic rings. The van der Waals surface area contributed by atoms with Crippen LogP contribution in [0.3, 0.4) is 0 Å². The van der Waals surface area contributed by atoms with Gasteiger partial charge in [0, 0.05) is 25.7 Å². The summed E-state index contributed by atoms with van der Waals surface area (Å²) in [5.74, 6) is -2.28. The van der Waals surface area contributed by atoms with Gasteiger partial charge >= 0.3 is 39.5 Å². The minimum atomic E-state index is -4.99. The molecule has 0 aromatic rings. The maximum absolute atomic E-state index is 13.1. The third kappa shape index (κ3) is 72.1. The Morgan fingerprint density at radius 1 is 0.290 bits per heavy atom. The predicted molar refractivity (Wildman–Crippen MR) is 408 cm³/mol. The van der Waals surface area contributed by atoms with E-state index in [-0.39, 0.29) is 25.7 Å². The first-order valence-corrected chi connectivity index (χ1v) is 42.1. The number of carbonyl (C=O) groups excluding carboxylic acids is 4. The molecule has 0 aromatic heterocycles. The van der Waals surface area contributed by atoms with Crippen LogP contribution in [-0.4, -0.2) is 96.7 Å². The molecule has 0 saturated heterocycles. The van der Waals surface area contributed by atoms with Gasteiger partial charge in [-0.1, -0.05) is 259 Å². The molecule has 0 fully saturated rings. The highest BCUT2D eigenvalue weighted by Crippen LogP contribution is 2.45. The Labute approximate surface area is 607 Å². The van der Waals surface area contributed by atoms with Crippen molar-refractivity contribution in [2.24, 2.45) is 0 Å². The number of aliphatic hydroxyl groups excluding tert-OH is 1. The molecule has 0 spiro atoms. The van der Waals surface area contributed by atoms with Gasteiger partial charge in [0.1, 0.15) is 19.3 Å². The van der Waals surface area contributed by atoms with Crippen LogP contribution >= 0.6 is 15.6 Å². The Morgan fingerprint density at radius 3 is 0.880 bits per heavy atom. The summed E-state index contributed by atoms with van der Waals surface area (Å²) in [4.78, 5) is 72.9. The number of hydrogen-bond donors (Lipinski definition) is 3. The quantitative estimate of drug-likeness (QED) is 0.0128. The third-order valence-corrected chi connectivity index (χ3v) is 18.1. The summed E-state index contributed by atoms with van der Waals surface area (Å²) in [7, 11) is -9.98. The first-order chi connectivity index (χ1) is 48.7. The van der Waals surface area contributed by atoms with Crippen molar-refractivity contribution in [1.29, 1.82) is 0 Å². The fourth-order valence-corrected chi connectivity index (χ4v) is 11.7. The average molecular weight is 1450 g/mol. The lowest BCUT2D eigenvalue weighted by molar-refractivity contribution is -0.161. The second-order valence-corrected chi connectivity index (χ2v) is 28.9. The molecule has 576 valence electrons. The van der Waals surface area contributed by atoms with E-state index < -0.39 is 97.5 Å². The van der Waals surface area contributed by atoms with Crippen molar-refractivity contribution in [2.75, 3.05) is 39.6 Å². The molecule has 0 saturated carbocycles. The second kappa shape index (κ2) is 73.0. The Kier molecular flexibility index (Phi) is 69.9. The Balaban J connectivity index is 5.43. The highest BCUT2D eigenvalue weighted by Gasteiger charge is 2.30. The lowest BCUT2D eigenvalue weighted by Crippen LogP contribution is -2.30. The van der Waals surface area contributed by atoms with Crippen molar-refractivity contribution in [1.82, 2.24) is 0 Å². The summed E-state index contributed by atoms with van der Waals surface area (Å²) in [6, 6.07) is 0. The molecule has 19 heteroatoms. The predicted octanol–water partition coefficient (Wildman–Crippen LogP) is 22.6. The number of carbonyl (C=O) groups is 4. The third-order valence-electron chi connectivity index (χ3n) is 16.2. The number of hydrogen-bond acceptors (Lipinski definition) is 15. The summed E-state index contributed by atoms with van der Waals surface area (Å²) in [6.07, 6.45) is 77.9. The first-order valence-electron chi connectivity index (χ1n) is 39.1. The number of phosphoric acid groups is 2. The first kappa shape index (κ1) is 95.7. The summed E-state index contributed by atoms with van der Waals surface area (Å²) in [5, 5.41) is 10.6. The highest BCUT2D eigenvalue weighted by atomic mass is 31.2. The molecule has 0 bridgehead atoms. The van der Waals surface area contributed by atoms with Gasteiger partial charge in [-0.15, -0.1) is 0 Å². The topological polar surface area (TPSA) is 237 Å². The lowest BCUT2D eigenvalue weighted by Gasteiger charge is -2.21. The minimum Gasteiger partial charge on any atom is -0.462 e. The van der Waals surface area contributed by atoms with Crippen LogP contribution in [0.4, 0.5) is 0 Å². The molecule has 0 radical (unpaired) electrons. The minimum absolute atomic E-state index is 0.0147. The van der Waals surface area contributed by atoms with Gasteiger partial charge in [-0.05, 0) is 148 Å². The van der Waals surface area contributed by atoms with E-state index in [1.807, 2.05) is 12.2 Å². The van der Waals surface area contributed by atoms with Crippen molar-refractivity contribution >= 4 is 39.5 Å². The van der Waals surface area contributed by atoms with E-state index in [0.717, 1.165) is 148 Å². The molecule has 3 N–H and O–H groups in total. The van der Waals surface area contributed by atoms with E-state index >= 15 is 0 Å². The van der Waals surface area contributed by atoms with Crippen LogP contribution in [0.15, 0.2) is 109 Å². The van der Waals surface area contributed by atoms with Crippen molar-refractivity contribution in [2.45, 2.75) is 341 Å². The van der Waals surface area contributed by atoms with Gasteiger partial charge in [0.2, 0.25) is 0 Å². The molecule has 0 heterocycles. The molecule has 2 unspecified atom stereocenters. The number of esters is 4. The molecular formula is C81H140O17P2. The molecule has 17 nitrogen and oxygen atoms in total. The summed E-state index contributed by atoms with van der Waals surface area (Å²) in [6.45, 7) is 4.69. The Hall–Kier alpha value is -4.28. The fourth-order valence-electron chi connectivity index (χ4n) is 10.2. The zero-order valence-corrected chi connectivity index (χ0v) is 64.6. The van der Waals surface area contributed by atoms with Crippen molar-refractivity contribution in [3.05, 3.63) is 109 Å². The van der Waals surface area contributed by atoms with Gasteiger partial charge in [0.25, 0.3) is 0 Å². The molecule has 0 aromatic carbocycles. The zero-order valence-electron chi connectivity index (χ0n) is 62.8. The van der Waals surface area contributed by atoms with E-state index in [0.29, 0.717) is 32.1 Å². The van der Waals surface area contributed by atoms with Gasteiger partial charge in [-0.2, -0.15) is 0 Å². The summed E-state index contributed by atoms with van der Waals surface area (Å²) < 4.78 is 68.4. The Bertz CT molecular complexity index is 2320. The smallest absolute Gasteiger partial charge is 0.462 e. The zero-order chi connectivity index (χ0) is 73.2. The van der Waals surface area contributed by atoms with Crippen LogP contribution in [0.2, 0.25) is 0 Å². The largest absolute Gasteiger partial charge is 0.472 e. The highest BCUT2D eigenvalue weighted by molar-refractivity contribution is 7.47. The SMILES string of the molecule is CCCCC/C=C\C/C=C\C/C=C\C/C=C\CCCC(=O)O[C@H](COC(=O)CCCCCCC/C=C\C/C=C\CCCCC)COP(=O)(O)OC[C@H](O)COP(=O)(O)OC[C@@H](COC(=O)CCCCCCC/C=C\C=C/CCCCCC)OC(=O)CCCCCCC/C=C\CCCCCC. The normalized spacial score (nSPS) is 14.5. The van der Waals surface area contributed by atoms with E-state index in [9.17, 15) is 43.2 Å². The van der Waals surface area contributed by atoms with Crippen LogP contribution in [0.1, 0.15) is 323 Å². The molecule has 5 atom stereocenters. The molecule has 0 amide bonds. The second-order valence-electron chi connectivity index (χ2n) is 26.0. The maximum Gasteiger partial charge on any atom is 0.472 e. The van der Waals surface area contributed by atoms with E-state index in [1.54, 1.807) is 0 Å². The van der Waals surface area contributed by atoms with Gasteiger partial charge in [0.15, 0.2) is 12.2 Å². The molecule has 0 aliphatic heterocycles. The van der Waals surface area contributed by atoms with Gasteiger partial charge < -0.3 is 33.8 Å². The van der Waals surface area contributed by atoms with Gasteiger partial charge in [-0.25, -0.2) is 9.13 Å². The van der Waals surface area contributed by atoms with Crippen LogP contribution < -0.4 is 0 Å². The van der Waals surface area contributed by atoms with Crippen molar-refractivity contribution < 1.29 is 80.2 Å². The maximum atomic E-state index is 13.1. The van der Waals surface area contributed by atoms with E-state index in [2.05, 4.69) is 125 Å². The van der Waals surface area contributed by atoms with E-state index in [4.69, 9.17) is 37.0 Å². The monoisotopic (exact) mass is 1450 g/mol. The number of ether oxygens (including phenoxy) is 4. The van der Waals surface area contributed by atoms with Crippen molar-refractivity contribution in [3.63, 3.8) is 0 Å². The fraction of sp³-hybridized carbons (Fsp3) is 0.728. The molecule has 100 heavy (non-hydrogen) atoms. The molecular weight excluding hydrogens is 1310 g/mol. The summed E-state index contributed by atoms with van der Waals surface area (Å²) >= 11 is 0. The Morgan fingerprint density at radius 2 is 0.530 bits per heavy atom.